The summed E-state index contributed by atoms with van der Waals surface area (Å²) in [6, 6.07) is 0.292. The van der Waals surface area contributed by atoms with Gasteiger partial charge in [0, 0.05) is 25.7 Å². The zero-order chi connectivity index (χ0) is 18.5. The first-order chi connectivity index (χ1) is 12.0. The first kappa shape index (κ1) is 21.5. The van der Waals surface area contributed by atoms with Gasteiger partial charge in [0.1, 0.15) is 0 Å². The molecule has 1 aliphatic rings. The number of carbonyl (C=O) groups is 1. The van der Waals surface area contributed by atoms with Crippen molar-refractivity contribution >= 4 is 12.1 Å². The molecule has 7 heteroatoms. The van der Waals surface area contributed by atoms with Gasteiger partial charge in [0.25, 0.3) is 0 Å². The van der Waals surface area contributed by atoms with Crippen molar-refractivity contribution in [1.29, 1.82) is 0 Å². The summed E-state index contributed by atoms with van der Waals surface area (Å²) in [6.45, 7) is 5.62. The van der Waals surface area contributed by atoms with Crippen LogP contribution in [0.15, 0.2) is 4.99 Å². The molecular weight excluding hydrogens is 318 g/mol. The third-order valence-electron chi connectivity index (χ3n) is 4.42. The Hall–Kier alpha value is -1.50. The number of unbranched alkanes of at least 4 members (excludes halogenated alkanes) is 4. The molecular formula is C18H37N5O2. The number of piperidine rings is 1. The number of amides is 1. The number of carbonyl (C=O) groups excluding carboxylic acids is 1. The number of nitrogens with two attached hydrogens (primary N) is 1. The minimum atomic E-state index is -0.215. The van der Waals surface area contributed by atoms with Crippen molar-refractivity contribution in [2.75, 3.05) is 46.9 Å². The van der Waals surface area contributed by atoms with E-state index in [9.17, 15) is 4.79 Å². The molecule has 1 saturated heterocycles. The van der Waals surface area contributed by atoms with E-state index in [1.807, 2.05) is 6.92 Å². The number of guanidine groups is 1. The highest BCUT2D eigenvalue weighted by Crippen LogP contribution is 2.11. The van der Waals surface area contributed by atoms with Crippen LogP contribution in [0.4, 0.5) is 4.79 Å². The van der Waals surface area contributed by atoms with E-state index in [0.29, 0.717) is 31.7 Å². The van der Waals surface area contributed by atoms with Gasteiger partial charge in [-0.25, -0.2) is 4.79 Å². The van der Waals surface area contributed by atoms with Gasteiger partial charge in [-0.2, -0.15) is 0 Å². The number of nitrogens with zero attached hydrogens (tertiary/aromatic N) is 3. The van der Waals surface area contributed by atoms with Gasteiger partial charge >= 0.3 is 6.09 Å². The quantitative estimate of drug-likeness (QED) is 0.356. The zero-order valence-corrected chi connectivity index (χ0v) is 16.3. The van der Waals surface area contributed by atoms with Crippen molar-refractivity contribution in [3.8, 4) is 0 Å². The number of aliphatic imine (C=N–C) groups is 1. The highest BCUT2D eigenvalue weighted by Gasteiger charge is 2.23. The number of rotatable bonds is 10. The Morgan fingerprint density at radius 3 is 2.48 bits per heavy atom. The van der Waals surface area contributed by atoms with Gasteiger partial charge in [0.2, 0.25) is 0 Å². The summed E-state index contributed by atoms with van der Waals surface area (Å²) < 4.78 is 5.03. The molecule has 0 saturated carbocycles. The fraction of sp³-hybridized carbons (Fsp3) is 0.889. The summed E-state index contributed by atoms with van der Waals surface area (Å²) in [5.41, 5.74) is 5.97. The topological polar surface area (TPSA) is 83.2 Å². The molecule has 0 unspecified atom stereocenters. The largest absolute Gasteiger partial charge is 0.450 e. The molecule has 1 fully saturated rings. The maximum atomic E-state index is 11.7. The van der Waals surface area contributed by atoms with Crippen LogP contribution in [0.3, 0.4) is 0 Å². The van der Waals surface area contributed by atoms with E-state index in [0.717, 1.165) is 25.8 Å². The van der Waals surface area contributed by atoms with Crippen LogP contribution in [-0.4, -0.2) is 74.8 Å². The average molecular weight is 356 g/mol. The fourth-order valence-corrected chi connectivity index (χ4v) is 2.95. The van der Waals surface area contributed by atoms with Gasteiger partial charge in [-0.1, -0.05) is 19.3 Å². The molecule has 7 nitrogen and oxygen atoms in total. The van der Waals surface area contributed by atoms with Gasteiger partial charge in [-0.15, -0.1) is 0 Å². The Morgan fingerprint density at radius 2 is 1.84 bits per heavy atom. The molecule has 1 rings (SSSR count). The monoisotopic (exact) mass is 355 g/mol. The molecule has 25 heavy (non-hydrogen) atoms. The molecule has 0 aliphatic carbocycles. The third-order valence-corrected chi connectivity index (χ3v) is 4.42. The minimum absolute atomic E-state index is 0.215. The van der Waals surface area contributed by atoms with Crippen LogP contribution in [0.1, 0.15) is 51.9 Å². The van der Waals surface area contributed by atoms with E-state index in [4.69, 9.17) is 10.5 Å². The van der Waals surface area contributed by atoms with Crippen molar-refractivity contribution in [3.63, 3.8) is 0 Å². The summed E-state index contributed by atoms with van der Waals surface area (Å²) in [6.07, 6.45) is 7.66. The first-order valence-corrected chi connectivity index (χ1v) is 9.65. The number of likely N-dealkylation sites (tertiary alicyclic amines) is 1. The molecule has 3 N–H and O–H groups in total. The molecule has 0 aromatic heterocycles. The molecule has 1 aliphatic heterocycles. The number of nitrogens with one attached hydrogen (secondary N) is 1. The highest BCUT2D eigenvalue weighted by molar-refractivity contribution is 5.78. The zero-order valence-electron chi connectivity index (χ0n) is 16.3. The molecule has 1 heterocycles. The Labute approximate surface area is 153 Å². The van der Waals surface area contributed by atoms with Crippen molar-refractivity contribution in [2.24, 2.45) is 10.7 Å². The van der Waals surface area contributed by atoms with Crippen LogP contribution >= 0.6 is 0 Å². The summed E-state index contributed by atoms with van der Waals surface area (Å²) in [5.74, 6) is 0.530. The molecule has 0 spiro atoms. The van der Waals surface area contributed by atoms with E-state index in [-0.39, 0.29) is 6.09 Å². The Bertz CT molecular complexity index is 393. The second kappa shape index (κ2) is 12.8. The normalized spacial score (nSPS) is 16.3. The van der Waals surface area contributed by atoms with E-state index in [2.05, 4.69) is 29.3 Å². The average Bonchev–Trinajstić information content (AvgIpc) is 2.58. The summed E-state index contributed by atoms with van der Waals surface area (Å²) in [7, 11) is 4.23. The van der Waals surface area contributed by atoms with Gasteiger partial charge in [-0.3, -0.25) is 4.99 Å². The van der Waals surface area contributed by atoms with Gasteiger partial charge in [0.15, 0.2) is 5.96 Å². The highest BCUT2D eigenvalue weighted by atomic mass is 16.6. The van der Waals surface area contributed by atoms with Crippen LogP contribution in [0, 0.1) is 0 Å². The Morgan fingerprint density at radius 1 is 1.20 bits per heavy atom. The Balaban J connectivity index is 2.07. The lowest BCUT2D eigenvalue weighted by Gasteiger charge is -2.31. The van der Waals surface area contributed by atoms with Crippen LogP contribution in [-0.2, 0) is 4.74 Å². The van der Waals surface area contributed by atoms with Crippen LogP contribution < -0.4 is 11.1 Å². The first-order valence-electron chi connectivity index (χ1n) is 9.65. The number of hydrogen-bond donors (Lipinski definition) is 2. The second-order valence-corrected chi connectivity index (χ2v) is 6.94. The Kier molecular flexibility index (Phi) is 11.0. The fourth-order valence-electron chi connectivity index (χ4n) is 2.95. The van der Waals surface area contributed by atoms with Gasteiger partial charge < -0.3 is 25.6 Å². The van der Waals surface area contributed by atoms with Crippen molar-refractivity contribution in [1.82, 2.24) is 15.1 Å². The van der Waals surface area contributed by atoms with Gasteiger partial charge in [-0.05, 0) is 53.2 Å². The summed E-state index contributed by atoms with van der Waals surface area (Å²) >= 11 is 0. The SMILES string of the molecule is CCOC(=O)N1CCC(NC(N)=NCCCCCCCN(C)C)CC1. The predicted molar refractivity (Wildman–Crippen MR) is 103 cm³/mol. The van der Waals surface area contributed by atoms with E-state index in [1.165, 1.54) is 32.2 Å². The minimum Gasteiger partial charge on any atom is -0.450 e. The maximum Gasteiger partial charge on any atom is 0.409 e. The second-order valence-electron chi connectivity index (χ2n) is 6.94. The number of ether oxygens (including phenoxy) is 1. The maximum absolute atomic E-state index is 11.7. The van der Waals surface area contributed by atoms with Crippen molar-refractivity contribution in [2.45, 2.75) is 57.9 Å². The molecule has 0 aromatic carbocycles. The molecule has 0 aromatic rings. The van der Waals surface area contributed by atoms with Crippen LogP contribution in [0.25, 0.3) is 0 Å². The lowest BCUT2D eigenvalue weighted by molar-refractivity contribution is 0.0963. The molecule has 0 bridgehead atoms. The van der Waals surface area contributed by atoms with E-state index < -0.39 is 0 Å². The standard InChI is InChI=1S/C18H37N5O2/c1-4-25-18(24)23-14-10-16(11-15-23)21-17(19)20-12-8-6-5-7-9-13-22(2)3/h16H,4-15H2,1-3H3,(H3,19,20,21). The number of hydrogen-bond acceptors (Lipinski definition) is 4. The lowest BCUT2D eigenvalue weighted by Crippen LogP contribution is -2.48. The molecule has 146 valence electrons. The van der Waals surface area contributed by atoms with Crippen LogP contribution in [0.5, 0.6) is 0 Å². The molecule has 0 radical (unpaired) electrons. The smallest absolute Gasteiger partial charge is 0.409 e. The van der Waals surface area contributed by atoms with E-state index >= 15 is 0 Å². The predicted octanol–water partition coefficient (Wildman–Crippen LogP) is 2.02. The molecule has 0 atom stereocenters. The summed E-state index contributed by atoms with van der Waals surface area (Å²) in [4.78, 5) is 20.1. The lowest BCUT2D eigenvalue weighted by atomic mass is 10.1. The van der Waals surface area contributed by atoms with Crippen LogP contribution in [0.2, 0.25) is 0 Å². The van der Waals surface area contributed by atoms with Crippen molar-refractivity contribution < 1.29 is 9.53 Å². The van der Waals surface area contributed by atoms with E-state index in [1.54, 1.807) is 4.90 Å². The summed E-state index contributed by atoms with van der Waals surface area (Å²) in [5, 5.41) is 3.28. The molecule has 1 amide bonds. The third kappa shape index (κ3) is 10.2. The van der Waals surface area contributed by atoms with Crippen molar-refractivity contribution in [3.05, 3.63) is 0 Å². The van der Waals surface area contributed by atoms with Gasteiger partial charge in [0.05, 0.1) is 6.61 Å².